The van der Waals surface area contributed by atoms with Crippen LogP contribution in [-0.4, -0.2) is 29.7 Å². The number of para-hydroxylation sites is 1. The topological polar surface area (TPSA) is 47.0 Å². The minimum absolute atomic E-state index is 0.660. The first kappa shape index (κ1) is 15.0. The highest BCUT2D eigenvalue weighted by atomic mass is 16.5. The molecule has 4 heteroatoms. The summed E-state index contributed by atoms with van der Waals surface area (Å²) in [5.74, 6) is 0.915. The Morgan fingerprint density at radius 1 is 1.23 bits per heavy atom. The SMILES string of the molecule is COc1ccccc1Cc1cc(CCC2CCCN2)ncn1. The fourth-order valence-corrected chi connectivity index (χ4v) is 3.05. The van der Waals surface area contributed by atoms with Crippen molar-refractivity contribution in [2.24, 2.45) is 0 Å². The van der Waals surface area contributed by atoms with Gasteiger partial charge in [-0.25, -0.2) is 9.97 Å². The van der Waals surface area contributed by atoms with E-state index in [1.54, 1.807) is 13.4 Å². The molecule has 0 radical (unpaired) electrons. The van der Waals surface area contributed by atoms with Crippen LogP contribution >= 0.6 is 0 Å². The molecular formula is C18H23N3O. The van der Waals surface area contributed by atoms with Gasteiger partial charge in [-0.15, -0.1) is 0 Å². The van der Waals surface area contributed by atoms with E-state index in [0.717, 1.165) is 48.5 Å². The van der Waals surface area contributed by atoms with Gasteiger partial charge >= 0.3 is 0 Å². The molecular weight excluding hydrogens is 274 g/mol. The van der Waals surface area contributed by atoms with Crippen LogP contribution in [0.5, 0.6) is 5.75 Å². The van der Waals surface area contributed by atoms with Gasteiger partial charge in [0.15, 0.2) is 0 Å². The number of nitrogens with zero attached hydrogens (tertiary/aromatic N) is 2. The van der Waals surface area contributed by atoms with Crippen LogP contribution in [0.4, 0.5) is 0 Å². The first-order valence-corrected chi connectivity index (χ1v) is 8.00. The lowest BCUT2D eigenvalue weighted by atomic mass is 10.1. The van der Waals surface area contributed by atoms with Gasteiger partial charge in [0, 0.05) is 29.4 Å². The van der Waals surface area contributed by atoms with E-state index < -0.39 is 0 Å². The van der Waals surface area contributed by atoms with Crippen molar-refractivity contribution in [1.82, 2.24) is 15.3 Å². The Bertz CT molecular complexity index is 609. The number of methoxy groups -OCH3 is 1. The summed E-state index contributed by atoms with van der Waals surface area (Å²) in [4.78, 5) is 8.82. The highest BCUT2D eigenvalue weighted by molar-refractivity contribution is 5.36. The third-order valence-corrected chi connectivity index (χ3v) is 4.26. The molecule has 1 fully saturated rings. The van der Waals surface area contributed by atoms with Gasteiger partial charge < -0.3 is 10.1 Å². The highest BCUT2D eigenvalue weighted by Crippen LogP contribution is 2.20. The lowest BCUT2D eigenvalue weighted by Crippen LogP contribution is -2.21. The summed E-state index contributed by atoms with van der Waals surface area (Å²) in [6.07, 6.45) is 7.22. The average molecular weight is 297 g/mol. The molecule has 3 rings (SSSR count). The van der Waals surface area contributed by atoms with Gasteiger partial charge in [0.05, 0.1) is 7.11 Å². The number of hydrogen-bond donors (Lipinski definition) is 1. The van der Waals surface area contributed by atoms with Gasteiger partial charge in [-0.2, -0.15) is 0 Å². The Balaban J connectivity index is 1.65. The Morgan fingerprint density at radius 3 is 2.91 bits per heavy atom. The van der Waals surface area contributed by atoms with E-state index in [1.807, 2.05) is 18.2 Å². The number of rotatable bonds is 6. The molecule has 2 aromatic rings. The maximum atomic E-state index is 5.41. The van der Waals surface area contributed by atoms with Crippen molar-refractivity contribution < 1.29 is 4.74 Å². The Hall–Kier alpha value is -1.94. The van der Waals surface area contributed by atoms with E-state index >= 15 is 0 Å². The van der Waals surface area contributed by atoms with E-state index in [1.165, 1.54) is 12.8 Å². The molecule has 1 unspecified atom stereocenters. The molecule has 0 spiro atoms. The monoisotopic (exact) mass is 297 g/mol. The van der Waals surface area contributed by atoms with Crippen LogP contribution in [0.25, 0.3) is 0 Å². The molecule has 4 nitrogen and oxygen atoms in total. The van der Waals surface area contributed by atoms with Crippen molar-refractivity contribution in [2.75, 3.05) is 13.7 Å². The Morgan fingerprint density at radius 2 is 2.09 bits per heavy atom. The normalized spacial score (nSPS) is 17.6. The summed E-state index contributed by atoms with van der Waals surface area (Å²) < 4.78 is 5.41. The van der Waals surface area contributed by atoms with Gasteiger partial charge in [0.25, 0.3) is 0 Å². The van der Waals surface area contributed by atoms with Crippen molar-refractivity contribution in [3.05, 3.63) is 53.6 Å². The standard InChI is InChI=1S/C18H23N3O/c1-22-18-7-3-2-5-14(18)11-17-12-16(20-13-21-17)9-8-15-6-4-10-19-15/h2-3,5,7,12-13,15,19H,4,6,8-11H2,1H3. The van der Waals surface area contributed by atoms with E-state index in [-0.39, 0.29) is 0 Å². The van der Waals surface area contributed by atoms with E-state index in [2.05, 4.69) is 27.4 Å². The second kappa shape index (κ2) is 7.36. The predicted molar refractivity (Wildman–Crippen MR) is 87.2 cm³/mol. The highest BCUT2D eigenvalue weighted by Gasteiger charge is 2.14. The smallest absolute Gasteiger partial charge is 0.122 e. The molecule has 1 saturated heterocycles. The van der Waals surface area contributed by atoms with E-state index in [9.17, 15) is 0 Å². The van der Waals surface area contributed by atoms with Gasteiger partial charge in [-0.1, -0.05) is 18.2 Å². The van der Waals surface area contributed by atoms with Crippen molar-refractivity contribution in [3.63, 3.8) is 0 Å². The van der Waals surface area contributed by atoms with Crippen LogP contribution in [-0.2, 0) is 12.8 Å². The zero-order valence-corrected chi connectivity index (χ0v) is 13.1. The fraction of sp³-hybridized carbons (Fsp3) is 0.444. The van der Waals surface area contributed by atoms with Gasteiger partial charge in [0.1, 0.15) is 12.1 Å². The predicted octanol–water partition coefficient (Wildman–Crippen LogP) is 2.76. The summed E-state index contributed by atoms with van der Waals surface area (Å²) >= 11 is 0. The molecule has 0 bridgehead atoms. The maximum Gasteiger partial charge on any atom is 0.122 e. The summed E-state index contributed by atoms with van der Waals surface area (Å²) in [5.41, 5.74) is 3.34. The molecule has 116 valence electrons. The molecule has 1 aromatic carbocycles. The van der Waals surface area contributed by atoms with Crippen LogP contribution < -0.4 is 10.1 Å². The number of benzene rings is 1. The van der Waals surface area contributed by atoms with Crippen molar-refractivity contribution in [3.8, 4) is 5.75 Å². The van der Waals surface area contributed by atoms with Crippen molar-refractivity contribution in [2.45, 2.75) is 38.1 Å². The first-order chi connectivity index (χ1) is 10.8. The summed E-state index contributed by atoms with van der Waals surface area (Å²) in [7, 11) is 1.71. The molecule has 1 N–H and O–H groups in total. The van der Waals surface area contributed by atoms with E-state index in [0.29, 0.717) is 6.04 Å². The third kappa shape index (κ3) is 3.83. The number of aryl methyl sites for hydroxylation is 1. The Labute approximate surface area is 132 Å². The molecule has 2 heterocycles. The summed E-state index contributed by atoms with van der Waals surface area (Å²) in [6.45, 7) is 1.16. The zero-order chi connectivity index (χ0) is 15.2. The molecule has 1 aliphatic heterocycles. The van der Waals surface area contributed by atoms with Crippen molar-refractivity contribution in [1.29, 1.82) is 0 Å². The second-order valence-electron chi connectivity index (χ2n) is 5.82. The number of aromatic nitrogens is 2. The minimum atomic E-state index is 0.660. The fourth-order valence-electron chi connectivity index (χ4n) is 3.05. The lowest BCUT2D eigenvalue weighted by Gasteiger charge is -2.10. The largest absolute Gasteiger partial charge is 0.496 e. The third-order valence-electron chi connectivity index (χ3n) is 4.26. The molecule has 22 heavy (non-hydrogen) atoms. The number of hydrogen-bond acceptors (Lipinski definition) is 4. The maximum absolute atomic E-state index is 5.41. The van der Waals surface area contributed by atoms with Gasteiger partial charge in [-0.05, 0) is 44.4 Å². The summed E-state index contributed by atoms with van der Waals surface area (Å²) in [6, 6.07) is 10.9. The quantitative estimate of drug-likeness (QED) is 0.890. The summed E-state index contributed by atoms with van der Waals surface area (Å²) in [5, 5.41) is 3.54. The molecule has 0 aliphatic carbocycles. The van der Waals surface area contributed by atoms with Crippen LogP contribution in [0.3, 0.4) is 0 Å². The van der Waals surface area contributed by atoms with Crippen LogP contribution in [0, 0.1) is 0 Å². The van der Waals surface area contributed by atoms with Crippen LogP contribution in [0.15, 0.2) is 36.7 Å². The lowest BCUT2D eigenvalue weighted by molar-refractivity contribution is 0.410. The first-order valence-electron chi connectivity index (χ1n) is 8.00. The number of nitrogens with one attached hydrogen (secondary N) is 1. The van der Waals surface area contributed by atoms with Crippen LogP contribution in [0.2, 0.25) is 0 Å². The zero-order valence-electron chi connectivity index (χ0n) is 13.1. The molecule has 1 atom stereocenters. The molecule has 1 aliphatic rings. The van der Waals surface area contributed by atoms with Crippen LogP contribution in [0.1, 0.15) is 36.2 Å². The molecule has 0 saturated carbocycles. The van der Waals surface area contributed by atoms with Gasteiger partial charge in [0.2, 0.25) is 0 Å². The minimum Gasteiger partial charge on any atom is -0.496 e. The Kier molecular flexibility index (Phi) is 5.01. The molecule has 0 amide bonds. The number of ether oxygens (including phenoxy) is 1. The van der Waals surface area contributed by atoms with Crippen molar-refractivity contribution >= 4 is 0 Å². The average Bonchev–Trinajstić information content (AvgIpc) is 3.07. The van der Waals surface area contributed by atoms with Gasteiger partial charge in [-0.3, -0.25) is 0 Å². The second-order valence-corrected chi connectivity index (χ2v) is 5.82. The van der Waals surface area contributed by atoms with E-state index in [4.69, 9.17) is 4.74 Å². The molecule has 1 aromatic heterocycles.